The number of allylic oxidation sites excluding steroid dienone is 2. The summed E-state index contributed by atoms with van der Waals surface area (Å²) in [5.74, 6) is 13.4. The lowest BCUT2D eigenvalue weighted by atomic mass is 10.1. The second kappa shape index (κ2) is 13.1. The number of hydrogen-bond donors (Lipinski definition) is 0. The Morgan fingerprint density at radius 2 is 0.735 bits per heavy atom. The molecule has 0 aliphatic carbocycles. The predicted octanol–water partition coefficient (Wildman–Crippen LogP) is 9.24. The summed E-state index contributed by atoms with van der Waals surface area (Å²) in [6.45, 7) is 34.8. The van der Waals surface area contributed by atoms with Crippen molar-refractivity contribution in [3.05, 3.63) is 11.1 Å². The smallest absolute Gasteiger partial charge is 0.126 e. The summed E-state index contributed by atoms with van der Waals surface area (Å²) in [7, 11) is -5.38. The fourth-order valence-electron chi connectivity index (χ4n) is 5.78. The predicted molar refractivity (Wildman–Crippen MR) is 165 cm³/mol. The van der Waals surface area contributed by atoms with Crippen LogP contribution in [0.5, 0.6) is 0 Å². The number of hydrogen-bond acceptors (Lipinski definition) is 0. The van der Waals surface area contributed by atoms with Gasteiger partial charge in [-0.3, -0.25) is 0 Å². The summed E-state index contributed by atoms with van der Waals surface area (Å²) >= 11 is 0. The van der Waals surface area contributed by atoms with Gasteiger partial charge in [-0.05, 0) is 33.2 Å². The minimum absolute atomic E-state index is 0.560. The van der Waals surface area contributed by atoms with Gasteiger partial charge in [0.15, 0.2) is 0 Å². The lowest BCUT2D eigenvalue weighted by Crippen LogP contribution is -2.43. The molecule has 3 heteroatoms. The molecule has 0 aliphatic heterocycles. The fraction of sp³-hybridized carbons (Fsp3) is 0.677. The standard InChI is InChI=1S/C31H52Si3/c1-17-30(19-22-33(24(2)3,25(4)5)26(6)7)31(18-21-32(14,15)16)20-23-34(27(8)9,28(10)11)29(12)13/h1,24-29H,2-16H3/b31-30-. The minimum Gasteiger partial charge on any atom is -0.126 e. The molecule has 0 bridgehead atoms. The summed E-state index contributed by atoms with van der Waals surface area (Å²) in [6.07, 6.45) is 6.08. The van der Waals surface area contributed by atoms with Gasteiger partial charge in [-0.2, -0.15) is 0 Å². The van der Waals surface area contributed by atoms with Crippen LogP contribution in [0.15, 0.2) is 11.1 Å². The van der Waals surface area contributed by atoms with Gasteiger partial charge in [0.1, 0.15) is 24.2 Å². The van der Waals surface area contributed by atoms with E-state index in [9.17, 15) is 0 Å². The van der Waals surface area contributed by atoms with Crippen molar-refractivity contribution in [2.45, 2.75) is 136 Å². The van der Waals surface area contributed by atoms with Gasteiger partial charge in [0.2, 0.25) is 0 Å². The fourth-order valence-corrected chi connectivity index (χ4v) is 16.7. The molecule has 0 aromatic rings. The monoisotopic (exact) mass is 508 g/mol. The second-order valence-electron chi connectivity index (χ2n) is 12.7. The maximum Gasteiger partial charge on any atom is 0.146 e. The van der Waals surface area contributed by atoms with Gasteiger partial charge in [0.25, 0.3) is 0 Å². The normalized spacial score (nSPS) is 13.3. The first kappa shape index (κ1) is 32.6. The van der Waals surface area contributed by atoms with Crippen molar-refractivity contribution in [1.82, 2.24) is 0 Å². The minimum atomic E-state index is -1.90. The van der Waals surface area contributed by atoms with Gasteiger partial charge in [0.05, 0.1) is 11.1 Å². The van der Waals surface area contributed by atoms with E-state index >= 15 is 0 Å². The first-order chi connectivity index (χ1) is 15.4. The lowest BCUT2D eigenvalue weighted by molar-refractivity contribution is 0.838. The van der Waals surface area contributed by atoms with E-state index in [0.29, 0.717) is 38.8 Å². The molecule has 0 amide bonds. The Morgan fingerprint density at radius 3 is 0.971 bits per heavy atom. The first-order valence-electron chi connectivity index (χ1n) is 13.2. The maximum atomic E-state index is 6.08. The van der Waals surface area contributed by atoms with E-state index in [1.807, 2.05) is 0 Å². The number of rotatable bonds is 6. The highest BCUT2D eigenvalue weighted by Gasteiger charge is 2.42. The maximum absolute atomic E-state index is 6.08. The summed E-state index contributed by atoms with van der Waals surface area (Å²) in [6, 6.07) is 0. The molecule has 0 nitrogen and oxygen atoms in total. The van der Waals surface area contributed by atoms with E-state index < -0.39 is 24.2 Å². The molecule has 0 radical (unpaired) electrons. The Bertz CT molecular complexity index is 897. The third-order valence-electron chi connectivity index (χ3n) is 7.50. The lowest BCUT2D eigenvalue weighted by Gasteiger charge is -2.38. The van der Waals surface area contributed by atoms with Crippen LogP contribution in [0.3, 0.4) is 0 Å². The van der Waals surface area contributed by atoms with Gasteiger partial charge >= 0.3 is 0 Å². The Labute approximate surface area is 217 Å². The molecule has 0 saturated heterocycles. The van der Waals surface area contributed by atoms with Gasteiger partial charge in [0, 0.05) is 0 Å². The molecule has 188 valence electrons. The van der Waals surface area contributed by atoms with Crippen LogP contribution >= 0.6 is 0 Å². The van der Waals surface area contributed by atoms with E-state index in [0.717, 1.165) is 5.57 Å². The van der Waals surface area contributed by atoms with Crippen molar-refractivity contribution in [3.8, 4) is 46.7 Å². The van der Waals surface area contributed by atoms with Crippen LogP contribution in [0.4, 0.5) is 0 Å². The van der Waals surface area contributed by atoms with Crippen molar-refractivity contribution in [2.24, 2.45) is 0 Å². The summed E-state index contributed by atoms with van der Waals surface area (Å²) < 4.78 is 0. The van der Waals surface area contributed by atoms with Crippen LogP contribution in [-0.4, -0.2) is 24.2 Å². The molecule has 0 unspecified atom stereocenters. The molecule has 34 heavy (non-hydrogen) atoms. The van der Waals surface area contributed by atoms with Crippen molar-refractivity contribution < 1.29 is 0 Å². The Kier molecular flexibility index (Phi) is 12.6. The molecule has 0 aromatic heterocycles. The molecule has 0 spiro atoms. The Balaban J connectivity index is 7.35. The highest BCUT2D eigenvalue weighted by atomic mass is 28.3. The van der Waals surface area contributed by atoms with E-state index in [1.165, 1.54) is 0 Å². The highest BCUT2D eigenvalue weighted by Crippen LogP contribution is 2.42. The van der Waals surface area contributed by atoms with Gasteiger partial charge < -0.3 is 0 Å². The average Bonchev–Trinajstić information content (AvgIpc) is 2.66. The zero-order chi connectivity index (χ0) is 27.1. The van der Waals surface area contributed by atoms with Gasteiger partial charge in [-0.25, -0.2) is 0 Å². The zero-order valence-corrected chi connectivity index (χ0v) is 28.0. The van der Waals surface area contributed by atoms with Crippen LogP contribution in [-0.2, 0) is 0 Å². The highest BCUT2D eigenvalue weighted by molar-refractivity contribution is 6.91. The molecule has 0 rings (SSSR count). The molecule has 0 aromatic carbocycles. The van der Waals surface area contributed by atoms with Crippen molar-refractivity contribution in [1.29, 1.82) is 0 Å². The van der Waals surface area contributed by atoms with Crippen molar-refractivity contribution in [2.75, 3.05) is 0 Å². The average molecular weight is 509 g/mol. The third-order valence-corrected chi connectivity index (χ3v) is 21.0. The van der Waals surface area contributed by atoms with Crippen LogP contribution in [0.1, 0.15) is 83.1 Å². The van der Waals surface area contributed by atoms with Crippen LogP contribution in [0.2, 0.25) is 52.9 Å². The van der Waals surface area contributed by atoms with Crippen molar-refractivity contribution >= 4 is 24.2 Å². The number of terminal acetylenes is 1. The molecule has 0 heterocycles. The summed E-state index contributed by atoms with van der Waals surface area (Å²) in [4.78, 5) is 0. The topological polar surface area (TPSA) is 0 Å². The van der Waals surface area contributed by atoms with Gasteiger partial charge in [-0.1, -0.05) is 126 Å². The molecule has 0 atom stereocenters. The van der Waals surface area contributed by atoms with Crippen LogP contribution < -0.4 is 0 Å². The molecule has 0 aliphatic rings. The molecule has 0 saturated carbocycles. The first-order valence-corrected chi connectivity index (χ1v) is 21.2. The molecular formula is C31H52Si3. The van der Waals surface area contributed by atoms with Gasteiger partial charge in [-0.15, -0.1) is 23.1 Å². The zero-order valence-electron chi connectivity index (χ0n) is 25.0. The van der Waals surface area contributed by atoms with E-state index in [4.69, 9.17) is 6.42 Å². The van der Waals surface area contributed by atoms with Crippen LogP contribution in [0, 0.1) is 46.7 Å². The quantitative estimate of drug-likeness (QED) is 0.248. The molecular weight excluding hydrogens is 457 g/mol. The molecule has 0 N–H and O–H groups in total. The Morgan fingerprint density at radius 1 is 0.471 bits per heavy atom. The molecule has 0 fully saturated rings. The summed E-state index contributed by atoms with van der Waals surface area (Å²) in [5, 5.41) is 0. The third kappa shape index (κ3) is 7.82. The largest absolute Gasteiger partial charge is 0.146 e. The van der Waals surface area contributed by atoms with E-state index in [1.54, 1.807) is 0 Å². The second-order valence-corrected chi connectivity index (χ2v) is 28.6. The van der Waals surface area contributed by atoms with Crippen molar-refractivity contribution in [3.63, 3.8) is 0 Å². The SMILES string of the molecule is C#C/C(C#C[Si](C(C)C)(C(C)C)C(C)C)=C(\C#C[Si](C)(C)C)C#C[Si](C(C)C)(C(C)C)C(C)C. The Hall–Kier alpha value is -1.37. The summed E-state index contributed by atoms with van der Waals surface area (Å²) in [5.41, 5.74) is 16.0. The van der Waals surface area contributed by atoms with E-state index in [-0.39, 0.29) is 0 Å². The van der Waals surface area contributed by atoms with Crippen LogP contribution in [0.25, 0.3) is 0 Å². The van der Waals surface area contributed by atoms with E-state index in [2.05, 4.69) is 143 Å².